The van der Waals surface area contributed by atoms with Crippen LogP contribution in [0.5, 0.6) is 0 Å². The molecule has 0 fully saturated rings. The molecule has 1 aromatic heterocycles. The second-order valence-corrected chi connectivity index (χ2v) is 6.32. The Labute approximate surface area is 145 Å². The zero-order valence-electron chi connectivity index (χ0n) is 13.6. The molecule has 0 aliphatic rings. The van der Waals surface area contributed by atoms with Crippen molar-refractivity contribution in [3.63, 3.8) is 0 Å². The van der Waals surface area contributed by atoms with Crippen LogP contribution in [0.4, 0.5) is 0 Å². The van der Waals surface area contributed by atoms with Crippen molar-refractivity contribution >= 4 is 28.4 Å². The normalized spacial score (nSPS) is 12.3. The number of aromatic nitrogens is 1. The number of aromatic amines is 1. The number of aryl methyl sites for hydroxylation is 2. The van der Waals surface area contributed by atoms with E-state index in [2.05, 4.69) is 10.3 Å². The highest BCUT2D eigenvalue weighted by atomic mass is 35.5. The van der Waals surface area contributed by atoms with Crippen molar-refractivity contribution in [2.75, 3.05) is 6.54 Å². The van der Waals surface area contributed by atoms with Crippen LogP contribution in [-0.2, 0) is 0 Å². The fourth-order valence-electron chi connectivity index (χ4n) is 2.79. The molecule has 1 heterocycles. The molecule has 124 valence electrons. The van der Waals surface area contributed by atoms with E-state index in [1.807, 2.05) is 26.0 Å². The average Bonchev–Trinajstić information content (AvgIpc) is 2.87. The topological polar surface area (TPSA) is 65.1 Å². The van der Waals surface area contributed by atoms with Crippen molar-refractivity contribution < 1.29 is 9.90 Å². The number of amides is 1. The van der Waals surface area contributed by atoms with E-state index in [0.29, 0.717) is 16.1 Å². The molecule has 1 atom stereocenters. The summed E-state index contributed by atoms with van der Waals surface area (Å²) >= 11 is 5.93. The van der Waals surface area contributed by atoms with Crippen LogP contribution in [0.1, 0.15) is 33.3 Å². The van der Waals surface area contributed by atoms with Gasteiger partial charge in [-0.25, -0.2) is 0 Å². The molecular formula is C19H19ClN2O2. The van der Waals surface area contributed by atoms with E-state index in [4.69, 9.17) is 11.6 Å². The number of fused-ring (bicyclic) bond motifs is 1. The molecule has 24 heavy (non-hydrogen) atoms. The minimum Gasteiger partial charge on any atom is -0.387 e. The summed E-state index contributed by atoms with van der Waals surface area (Å²) < 4.78 is 0. The fraction of sp³-hybridized carbons (Fsp3) is 0.211. The van der Waals surface area contributed by atoms with Gasteiger partial charge in [0.2, 0.25) is 0 Å². The first-order valence-corrected chi connectivity index (χ1v) is 8.15. The molecule has 0 saturated carbocycles. The Morgan fingerprint density at radius 1 is 1.25 bits per heavy atom. The van der Waals surface area contributed by atoms with Crippen LogP contribution < -0.4 is 5.32 Å². The highest BCUT2D eigenvalue weighted by Crippen LogP contribution is 2.24. The molecule has 1 amide bonds. The molecule has 4 nitrogen and oxygen atoms in total. The number of aliphatic hydroxyl groups excluding tert-OH is 1. The monoisotopic (exact) mass is 342 g/mol. The Bertz CT molecular complexity index is 902. The summed E-state index contributed by atoms with van der Waals surface area (Å²) in [6, 6.07) is 12.6. The minimum absolute atomic E-state index is 0.119. The maximum atomic E-state index is 12.5. The number of nitrogens with one attached hydrogen (secondary N) is 2. The summed E-state index contributed by atoms with van der Waals surface area (Å²) in [7, 11) is 0. The van der Waals surface area contributed by atoms with Gasteiger partial charge in [0.15, 0.2) is 0 Å². The van der Waals surface area contributed by atoms with Crippen molar-refractivity contribution in [3.8, 4) is 0 Å². The molecule has 3 N–H and O–H groups in total. The predicted octanol–water partition coefficient (Wildman–Crippen LogP) is 3.90. The molecule has 2 aromatic carbocycles. The van der Waals surface area contributed by atoms with E-state index in [0.717, 1.165) is 22.2 Å². The van der Waals surface area contributed by atoms with Crippen molar-refractivity contribution in [3.05, 3.63) is 69.9 Å². The second kappa shape index (κ2) is 6.67. The lowest BCUT2D eigenvalue weighted by molar-refractivity contribution is 0.0918. The molecular weight excluding hydrogens is 324 g/mol. The summed E-state index contributed by atoms with van der Waals surface area (Å²) in [6.45, 7) is 4.13. The number of rotatable bonds is 4. The summed E-state index contributed by atoms with van der Waals surface area (Å²) in [5.41, 5.74) is 4.25. The molecule has 5 heteroatoms. The molecule has 0 radical (unpaired) electrons. The van der Waals surface area contributed by atoms with Gasteiger partial charge in [0, 0.05) is 22.6 Å². The molecule has 3 rings (SSSR count). The number of hydrogen-bond donors (Lipinski definition) is 3. The van der Waals surface area contributed by atoms with Crippen LogP contribution >= 0.6 is 11.6 Å². The zero-order chi connectivity index (χ0) is 17.3. The number of aliphatic hydroxyl groups is 1. The maximum absolute atomic E-state index is 12.5. The first kappa shape index (κ1) is 16.6. The lowest BCUT2D eigenvalue weighted by Crippen LogP contribution is -2.28. The first-order chi connectivity index (χ1) is 11.5. The number of halogens is 1. The van der Waals surface area contributed by atoms with Crippen LogP contribution in [-0.4, -0.2) is 22.5 Å². The third-order valence-electron chi connectivity index (χ3n) is 4.28. The van der Waals surface area contributed by atoms with Gasteiger partial charge < -0.3 is 15.4 Å². The third kappa shape index (κ3) is 3.16. The van der Waals surface area contributed by atoms with Gasteiger partial charge in [0.25, 0.3) is 5.91 Å². The minimum atomic E-state index is -0.807. The Morgan fingerprint density at radius 2 is 2.00 bits per heavy atom. The molecule has 0 bridgehead atoms. The van der Waals surface area contributed by atoms with Gasteiger partial charge in [0.05, 0.1) is 17.2 Å². The summed E-state index contributed by atoms with van der Waals surface area (Å²) in [5, 5.41) is 14.6. The first-order valence-electron chi connectivity index (χ1n) is 7.77. The van der Waals surface area contributed by atoms with E-state index >= 15 is 0 Å². The molecule has 0 spiro atoms. The lowest BCUT2D eigenvalue weighted by Gasteiger charge is -2.13. The van der Waals surface area contributed by atoms with Crippen LogP contribution in [0.2, 0.25) is 5.02 Å². The van der Waals surface area contributed by atoms with E-state index in [1.165, 1.54) is 0 Å². The number of H-pyrrole nitrogens is 1. The highest BCUT2D eigenvalue weighted by Gasteiger charge is 2.15. The van der Waals surface area contributed by atoms with Crippen molar-refractivity contribution in [1.29, 1.82) is 0 Å². The molecule has 0 saturated heterocycles. The van der Waals surface area contributed by atoms with E-state index < -0.39 is 6.10 Å². The lowest BCUT2D eigenvalue weighted by atomic mass is 10.1. The summed E-state index contributed by atoms with van der Waals surface area (Å²) in [6.07, 6.45) is -0.807. The zero-order valence-corrected chi connectivity index (χ0v) is 14.3. The SMILES string of the molecule is Cc1[nH]c2c(C(=O)NCC(O)c3cccc(Cl)c3)cccc2c1C. The Kier molecular flexibility index (Phi) is 4.60. The molecule has 1 unspecified atom stereocenters. The highest BCUT2D eigenvalue weighted by molar-refractivity contribution is 6.30. The summed E-state index contributed by atoms with van der Waals surface area (Å²) in [4.78, 5) is 15.8. The Balaban J connectivity index is 1.77. The van der Waals surface area contributed by atoms with Gasteiger partial charge >= 0.3 is 0 Å². The Hall–Kier alpha value is -2.30. The van der Waals surface area contributed by atoms with Gasteiger partial charge in [-0.05, 0) is 43.2 Å². The van der Waals surface area contributed by atoms with Crippen LogP contribution in [0.25, 0.3) is 10.9 Å². The smallest absolute Gasteiger partial charge is 0.253 e. The van der Waals surface area contributed by atoms with E-state index in [-0.39, 0.29) is 12.5 Å². The van der Waals surface area contributed by atoms with Crippen molar-refractivity contribution in [1.82, 2.24) is 10.3 Å². The third-order valence-corrected chi connectivity index (χ3v) is 4.51. The van der Waals surface area contributed by atoms with Gasteiger partial charge in [-0.15, -0.1) is 0 Å². The quantitative estimate of drug-likeness (QED) is 0.673. The van der Waals surface area contributed by atoms with Crippen LogP contribution in [0, 0.1) is 13.8 Å². The number of carbonyl (C=O) groups excluding carboxylic acids is 1. The van der Waals surface area contributed by atoms with Gasteiger partial charge in [-0.3, -0.25) is 4.79 Å². The maximum Gasteiger partial charge on any atom is 0.253 e. The van der Waals surface area contributed by atoms with Crippen LogP contribution in [0.15, 0.2) is 42.5 Å². The molecule has 0 aliphatic heterocycles. The summed E-state index contributed by atoms with van der Waals surface area (Å²) in [5.74, 6) is -0.220. The van der Waals surface area contributed by atoms with Crippen molar-refractivity contribution in [2.45, 2.75) is 20.0 Å². The van der Waals surface area contributed by atoms with Gasteiger partial charge in [-0.1, -0.05) is 35.9 Å². The largest absolute Gasteiger partial charge is 0.387 e. The Morgan fingerprint density at radius 3 is 2.75 bits per heavy atom. The second-order valence-electron chi connectivity index (χ2n) is 5.88. The number of hydrogen-bond acceptors (Lipinski definition) is 2. The standard InChI is InChI=1S/C19H19ClN2O2/c1-11-12(2)22-18-15(11)7-4-8-16(18)19(24)21-10-17(23)13-5-3-6-14(20)9-13/h3-9,17,22-23H,10H2,1-2H3,(H,21,24). The molecule has 0 aliphatic carbocycles. The van der Waals surface area contributed by atoms with Crippen LogP contribution in [0.3, 0.4) is 0 Å². The van der Waals surface area contributed by atoms with Gasteiger partial charge in [-0.2, -0.15) is 0 Å². The van der Waals surface area contributed by atoms with E-state index in [1.54, 1.807) is 30.3 Å². The number of para-hydroxylation sites is 1. The fourth-order valence-corrected chi connectivity index (χ4v) is 2.99. The van der Waals surface area contributed by atoms with E-state index in [9.17, 15) is 9.90 Å². The van der Waals surface area contributed by atoms with Crippen molar-refractivity contribution in [2.24, 2.45) is 0 Å². The number of benzene rings is 2. The average molecular weight is 343 g/mol. The molecule has 3 aromatic rings. The predicted molar refractivity (Wildman–Crippen MR) is 96.5 cm³/mol. The van der Waals surface area contributed by atoms with Gasteiger partial charge in [0.1, 0.15) is 0 Å². The number of carbonyl (C=O) groups is 1.